The Labute approximate surface area is 183 Å². The van der Waals surface area contributed by atoms with E-state index in [0.29, 0.717) is 30.7 Å². The number of hydrogen-bond donors (Lipinski definition) is 1. The molecule has 0 unspecified atom stereocenters. The van der Waals surface area contributed by atoms with Crippen molar-refractivity contribution in [1.82, 2.24) is 10.2 Å². The molecular weight excluding hydrogens is 448 g/mol. The van der Waals surface area contributed by atoms with Crippen LogP contribution in [0.25, 0.3) is 11.0 Å². The highest BCUT2D eigenvalue weighted by molar-refractivity contribution is 9.10. The Bertz CT molecular complexity index is 1100. The highest BCUT2D eigenvalue weighted by atomic mass is 79.9. The molecule has 0 bridgehead atoms. The maximum absolute atomic E-state index is 12.8. The Hall–Kier alpha value is -2.48. The van der Waals surface area contributed by atoms with Crippen LogP contribution in [0.5, 0.6) is 0 Å². The highest BCUT2D eigenvalue weighted by Crippen LogP contribution is 2.22. The number of hydrogen-bond acceptors (Lipinski definition) is 5. The first-order chi connectivity index (χ1) is 14.5. The molecule has 3 aromatic rings. The Morgan fingerprint density at radius 2 is 1.87 bits per heavy atom. The number of ether oxygens (including phenoxy) is 1. The number of carbonyl (C=O) groups excluding carboxylic acids is 1. The van der Waals surface area contributed by atoms with Crippen LogP contribution in [0.2, 0.25) is 0 Å². The van der Waals surface area contributed by atoms with E-state index in [1.54, 1.807) is 18.2 Å². The molecule has 4 rings (SSSR count). The summed E-state index contributed by atoms with van der Waals surface area (Å²) in [5, 5.41) is 3.39. The molecule has 0 spiro atoms. The molecule has 1 aliphatic heterocycles. The van der Waals surface area contributed by atoms with Crippen LogP contribution in [-0.4, -0.2) is 43.7 Å². The van der Waals surface area contributed by atoms with E-state index >= 15 is 0 Å². The zero-order chi connectivity index (χ0) is 21.1. The molecule has 1 aromatic heterocycles. The van der Waals surface area contributed by atoms with Gasteiger partial charge in [-0.3, -0.25) is 14.5 Å². The summed E-state index contributed by atoms with van der Waals surface area (Å²) < 4.78 is 12.0. The predicted molar refractivity (Wildman–Crippen MR) is 119 cm³/mol. The van der Waals surface area contributed by atoms with Gasteiger partial charge in [0.1, 0.15) is 5.58 Å². The van der Waals surface area contributed by atoms with E-state index in [1.165, 1.54) is 11.6 Å². The summed E-state index contributed by atoms with van der Waals surface area (Å²) in [5.74, 6) is -0.387. The van der Waals surface area contributed by atoms with Crippen molar-refractivity contribution in [2.24, 2.45) is 0 Å². The van der Waals surface area contributed by atoms with Crippen LogP contribution in [0.1, 0.15) is 27.7 Å². The molecule has 2 aromatic carbocycles. The van der Waals surface area contributed by atoms with Crippen LogP contribution in [-0.2, 0) is 4.74 Å². The minimum atomic E-state index is -0.401. The van der Waals surface area contributed by atoms with Gasteiger partial charge in [-0.15, -0.1) is 0 Å². The largest absolute Gasteiger partial charge is 0.451 e. The first-order valence-electron chi connectivity index (χ1n) is 9.91. The van der Waals surface area contributed by atoms with Crippen molar-refractivity contribution >= 4 is 32.8 Å². The van der Waals surface area contributed by atoms with Gasteiger partial charge in [-0.25, -0.2) is 0 Å². The monoisotopic (exact) mass is 470 g/mol. The second kappa shape index (κ2) is 9.12. The third-order valence-electron chi connectivity index (χ3n) is 5.32. The number of nitrogens with zero attached hydrogens (tertiary/aromatic N) is 1. The van der Waals surface area contributed by atoms with Gasteiger partial charge in [-0.2, -0.15) is 0 Å². The van der Waals surface area contributed by atoms with Gasteiger partial charge in [-0.05, 0) is 30.7 Å². The molecular formula is C23H23BrN2O4. The second-order valence-corrected chi connectivity index (χ2v) is 8.32. The van der Waals surface area contributed by atoms with Crippen LogP contribution < -0.4 is 10.7 Å². The maximum Gasteiger partial charge on any atom is 0.287 e. The zero-order valence-corrected chi connectivity index (χ0v) is 18.3. The lowest BCUT2D eigenvalue weighted by atomic mass is 10.0. The van der Waals surface area contributed by atoms with Gasteiger partial charge in [-0.1, -0.05) is 45.8 Å². The van der Waals surface area contributed by atoms with E-state index < -0.39 is 5.91 Å². The summed E-state index contributed by atoms with van der Waals surface area (Å²) in [4.78, 5) is 27.5. The first-order valence-corrected chi connectivity index (χ1v) is 10.7. The number of amides is 1. The zero-order valence-electron chi connectivity index (χ0n) is 16.7. The van der Waals surface area contributed by atoms with Crippen molar-refractivity contribution in [2.45, 2.75) is 13.0 Å². The minimum Gasteiger partial charge on any atom is -0.451 e. The molecule has 0 aliphatic carbocycles. The fraction of sp³-hybridized carbons (Fsp3) is 0.304. The van der Waals surface area contributed by atoms with Crippen LogP contribution >= 0.6 is 15.9 Å². The molecule has 0 saturated carbocycles. The third-order valence-corrected chi connectivity index (χ3v) is 5.81. The van der Waals surface area contributed by atoms with E-state index in [-0.39, 0.29) is 17.2 Å². The van der Waals surface area contributed by atoms with Crippen molar-refractivity contribution in [1.29, 1.82) is 0 Å². The van der Waals surface area contributed by atoms with Crippen molar-refractivity contribution < 1.29 is 13.9 Å². The second-order valence-electron chi connectivity index (χ2n) is 7.40. The number of benzene rings is 2. The minimum absolute atomic E-state index is 0.0134. The van der Waals surface area contributed by atoms with E-state index in [0.717, 1.165) is 23.1 Å². The van der Waals surface area contributed by atoms with E-state index in [4.69, 9.17) is 9.15 Å². The molecule has 2 heterocycles. The molecule has 30 heavy (non-hydrogen) atoms. The van der Waals surface area contributed by atoms with Crippen molar-refractivity contribution in [3.8, 4) is 0 Å². The Morgan fingerprint density at radius 3 is 2.60 bits per heavy atom. The van der Waals surface area contributed by atoms with Gasteiger partial charge < -0.3 is 14.5 Å². The van der Waals surface area contributed by atoms with Gasteiger partial charge >= 0.3 is 0 Å². The summed E-state index contributed by atoms with van der Waals surface area (Å²) in [6, 6.07) is 14.7. The molecule has 6 nitrogen and oxygen atoms in total. The Morgan fingerprint density at radius 1 is 1.13 bits per heavy atom. The van der Waals surface area contributed by atoms with Gasteiger partial charge in [0.25, 0.3) is 5.91 Å². The van der Waals surface area contributed by atoms with Gasteiger partial charge in [0.05, 0.1) is 24.6 Å². The standard InChI is InChI=1S/C23H23BrN2O4/c1-15-2-4-16(5-3-15)19(26-8-10-29-11-9-26)14-25-23(28)22-13-20(27)18-12-17(24)6-7-21(18)30-22/h2-7,12-13,19H,8-11,14H2,1H3,(H,25,28)/t19-/m1/s1. The van der Waals surface area contributed by atoms with Crippen LogP contribution in [0.15, 0.2) is 62.2 Å². The number of halogens is 1. The third kappa shape index (κ3) is 4.64. The SMILES string of the molecule is Cc1ccc([C@@H](CNC(=O)c2cc(=O)c3cc(Br)ccc3o2)N2CCOCC2)cc1. The normalized spacial score (nSPS) is 15.8. The van der Waals surface area contributed by atoms with Crippen LogP contribution in [0, 0.1) is 6.92 Å². The summed E-state index contributed by atoms with van der Waals surface area (Å²) in [5.41, 5.74) is 2.46. The van der Waals surface area contributed by atoms with Gasteiger partial charge in [0.2, 0.25) is 0 Å². The fourth-order valence-electron chi connectivity index (χ4n) is 3.65. The Balaban J connectivity index is 1.55. The summed E-state index contributed by atoms with van der Waals surface area (Å²) in [6.07, 6.45) is 0. The number of fused-ring (bicyclic) bond motifs is 1. The maximum atomic E-state index is 12.8. The average Bonchev–Trinajstić information content (AvgIpc) is 2.76. The quantitative estimate of drug-likeness (QED) is 0.615. The van der Waals surface area contributed by atoms with Gasteiger partial charge in [0.15, 0.2) is 11.2 Å². The fourth-order valence-corrected chi connectivity index (χ4v) is 4.01. The number of carbonyl (C=O) groups is 1. The van der Waals surface area contributed by atoms with Gasteiger partial charge in [0, 0.05) is 30.2 Å². The molecule has 1 fully saturated rings. The van der Waals surface area contributed by atoms with Crippen molar-refractivity contribution in [3.63, 3.8) is 0 Å². The Kier molecular flexibility index (Phi) is 6.32. The van der Waals surface area contributed by atoms with Crippen molar-refractivity contribution in [3.05, 3.63) is 80.1 Å². The lowest BCUT2D eigenvalue weighted by molar-refractivity contribution is 0.0161. The molecule has 1 atom stereocenters. The summed E-state index contributed by atoms with van der Waals surface area (Å²) in [6.45, 7) is 5.40. The van der Waals surface area contributed by atoms with E-state index in [1.807, 2.05) is 0 Å². The molecule has 1 N–H and O–H groups in total. The van der Waals surface area contributed by atoms with E-state index in [2.05, 4.69) is 57.3 Å². The number of rotatable bonds is 5. The average molecular weight is 471 g/mol. The van der Waals surface area contributed by atoms with Crippen molar-refractivity contribution in [2.75, 3.05) is 32.8 Å². The summed E-state index contributed by atoms with van der Waals surface area (Å²) in [7, 11) is 0. The predicted octanol–water partition coefficient (Wildman–Crippen LogP) is 3.67. The number of nitrogens with one attached hydrogen (secondary N) is 1. The smallest absolute Gasteiger partial charge is 0.287 e. The van der Waals surface area contributed by atoms with Crippen LogP contribution in [0.3, 0.4) is 0 Å². The molecule has 156 valence electrons. The molecule has 1 aliphatic rings. The number of morpholine rings is 1. The lowest BCUT2D eigenvalue weighted by Crippen LogP contribution is -2.43. The molecule has 0 radical (unpaired) electrons. The highest BCUT2D eigenvalue weighted by Gasteiger charge is 2.24. The molecule has 7 heteroatoms. The summed E-state index contributed by atoms with van der Waals surface area (Å²) >= 11 is 3.35. The van der Waals surface area contributed by atoms with Crippen LogP contribution in [0.4, 0.5) is 0 Å². The molecule has 1 amide bonds. The molecule has 1 saturated heterocycles. The topological polar surface area (TPSA) is 71.8 Å². The first kappa shape index (κ1) is 20.8. The van der Waals surface area contributed by atoms with E-state index in [9.17, 15) is 9.59 Å². The lowest BCUT2D eigenvalue weighted by Gasteiger charge is -2.35. The number of aryl methyl sites for hydroxylation is 1.